The first-order valence-electron chi connectivity index (χ1n) is 8.71. The highest BCUT2D eigenvalue weighted by Crippen LogP contribution is 2.34. The van der Waals surface area contributed by atoms with Gasteiger partial charge in [0.2, 0.25) is 5.91 Å². The number of sulfone groups is 1. The quantitative estimate of drug-likeness (QED) is 0.687. The van der Waals surface area contributed by atoms with Crippen LogP contribution in [-0.2, 0) is 26.2 Å². The molecule has 10 heteroatoms. The minimum atomic E-state index is -4.79. The molecule has 0 fully saturated rings. The van der Waals surface area contributed by atoms with E-state index < -0.39 is 44.2 Å². The van der Waals surface area contributed by atoms with Gasteiger partial charge in [-0.1, -0.05) is 30.7 Å². The van der Waals surface area contributed by atoms with Crippen molar-refractivity contribution in [2.24, 2.45) is 0 Å². The molecule has 2 rings (SSSR count). The van der Waals surface area contributed by atoms with Crippen LogP contribution in [-0.4, -0.2) is 25.8 Å². The van der Waals surface area contributed by atoms with Crippen molar-refractivity contribution < 1.29 is 26.4 Å². The lowest BCUT2D eigenvalue weighted by molar-refractivity contribution is -0.137. The Hall–Kier alpha value is -2.57. The first kappa shape index (κ1) is 23.7. The highest BCUT2D eigenvalue weighted by Gasteiger charge is 2.40. The molecule has 1 atom stereocenters. The maximum atomic E-state index is 13.2. The molecule has 0 aliphatic rings. The standard InChI is InChI=1S/C20H18ClF3N2O3S/c1-3-30(28,29)12-19(2,14-5-7-15(21)8-6-14)18(27)26-16-9-4-13(11-25)17(10-16)20(22,23)24/h4-10H,3,12H2,1-2H3,(H,26,27). The minimum absolute atomic E-state index is 0.208. The Kier molecular flexibility index (Phi) is 6.84. The summed E-state index contributed by atoms with van der Waals surface area (Å²) in [4.78, 5) is 13.1. The molecular formula is C20H18ClF3N2O3S. The van der Waals surface area contributed by atoms with Gasteiger partial charge in [0.15, 0.2) is 9.84 Å². The van der Waals surface area contributed by atoms with Gasteiger partial charge in [0, 0.05) is 16.5 Å². The van der Waals surface area contributed by atoms with Gasteiger partial charge in [-0.05, 0) is 42.8 Å². The Morgan fingerprint density at radius 2 is 1.77 bits per heavy atom. The Labute approximate surface area is 177 Å². The first-order chi connectivity index (χ1) is 13.8. The van der Waals surface area contributed by atoms with Gasteiger partial charge >= 0.3 is 6.18 Å². The molecule has 0 spiro atoms. The molecule has 5 nitrogen and oxygen atoms in total. The molecule has 2 aromatic rings. The predicted octanol–water partition coefficient (Wildman–Crippen LogP) is 4.56. The average Bonchev–Trinajstić information content (AvgIpc) is 2.67. The molecule has 0 saturated heterocycles. The van der Waals surface area contributed by atoms with E-state index in [1.165, 1.54) is 44.2 Å². The number of carbonyl (C=O) groups excluding carboxylic acids is 1. The zero-order valence-electron chi connectivity index (χ0n) is 16.0. The maximum Gasteiger partial charge on any atom is 0.417 e. The molecule has 0 heterocycles. The molecule has 160 valence electrons. The lowest BCUT2D eigenvalue weighted by Crippen LogP contribution is -2.43. The number of benzene rings is 2. The summed E-state index contributed by atoms with van der Waals surface area (Å²) in [6, 6.07) is 10.2. The van der Waals surface area contributed by atoms with Crippen molar-refractivity contribution in [1.82, 2.24) is 0 Å². The molecule has 0 saturated carbocycles. The van der Waals surface area contributed by atoms with Crippen LogP contribution < -0.4 is 5.32 Å². The fraction of sp³-hybridized carbons (Fsp3) is 0.300. The van der Waals surface area contributed by atoms with Crippen molar-refractivity contribution in [3.05, 3.63) is 64.2 Å². The molecule has 1 unspecified atom stereocenters. The fourth-order valence-electron chi connectivity index (χ4n) is 2.86. The van der Waals surface area contributed by atoms with Crippen molar-refractivity contribution in [2.75, 3.05) is 16.8 Å². The van der Waals surface area contributed by atoms with Gasteiger partial charge < -0.3 is 5.32 Å². The van der Waals surface area contributed by atoms with E-state index in [-0.39, 0.29) is 11.4 Å². The van der Waals surface area contributed by atoms with Gasteiger partial charge in [0.25, 0.3) is 0 Å². The molecule has 30 heavy (non-hydrogen) atoms. The van der Waals surface area contributed by atoms with Crippen molar-refractivity contribution in [2.45, 2.75) is 25.4 Å². The van der Waals surface area contributed by atoms with Gasteiger partial charge in [-0.3, -0.25) is 4.79 Å². The van der Waals surface area contributed by atoms with E-state index in [0.29, 0.717) is 16.7 Å². The average molecular weight is 459 g/mol. The third-order valence-electron chi connectivity index (χ3n) is 4.63. The number of alkyl halides is 3. The molecule has 1 N–H and O–H groups in total. The third-order valence-corrected chi connectivity index (χ3v) is 6.78. The van der Waals surface area contributed by atoms with Crippen LogP contribution in [0.25, 0.3) is 0 Å². The highest BCUT2D eigenvalue weighted by atomic mass is 35.5. The molecule has 2 aromatic carbocycles. The number of nitriles is 1. The second-order valence-electron chi connectivity index (χ2n) is 6.84. The van der Waals surface area contributed by atoms with Crippen LogP contribution >= 0.6 is 11.6 Å². The summed E-state index contributed by atoms with van der Waals surface area (Å²) in [7, 11) is -3.63. The van der Waals surface area contributed by atoms with Crippen molar-refractivity contribution >= 4 is 33.0 Å². The van der Waals surface area contributed by atoms with Gasteiger partial charge in [0.05, 0.1) is 28.4 Å². The zero-order chi connectivity index (χ0) is 22.7. The van der Waals surface area contributed by atoms with Crippen LogP contribution in [0.1, 0.15) is 30.5 Å². The number of halogens is 4. The number of rotatable bonds is 6. The van der Waals surface area contributed by atoms with Crippen LogP contribution in [0.5, 0.6) is 0 Å². The molecule has 0 bridgehead atoms. The van der Waals surface area contributed by atoms with Crippen LogP contribution in [0, 0.1) is 11.3 Å². The second-order valence-corrected chi connectivity index (χ2v) is 9.63. The van der Waals surface area contributed by atoms with E-state index in [1.807, 2.05) is 0 Å². The summed E-state index contributed by atoms with van der Waals surface area (Å²) >= 11 is 5.87. The van der Waals surface area contributed by atoms with Crippen LogP contribution in [0.2, 0.25) is 5.02 Å². The maximum absolute atomic E-state index is 13.2. The molecule has 0 aromatic heterocycles. The lowest BCUT2D eigenvalue weighted by Gasteiger charge is -2.29. The van der Waals surface area contributed by atoms with E-state index in [2.05, 4.69) is 5.32 Å². The SMILES string of the molecule is CCS(=O)(=O)CC(C)(C(=O)Nc1ccc(C#N)c(C(F)(F)F)c1)c1ccc(Cl)cc1. The molecule has 1 amide bonds. The van der Waals surface area contributed by atoms with Crippen molar-refractivity contribution in [3.63, 3.8) is 0 Å². The Balaban J connectivity index is 2.50. The van der Waals surface area contributed by atoms with E-state index in [1.54, 1.807) is 0 Å². The Morgan fingerprint density at radius 3 is 2.27 bits per heavy atom. The topological polar surface area (TPSA) is 87.0 Å². The largest absolute Gasteiger partial charge is 0.417 e. The number of hydrogen-bond acceptors (Lipinski definition) is 4. The van der Waals surface area contributed by atoms with Crippen molar-refractivity contribution in [3.8, 4) is 6.07 Å². The Morgan fingerprint density at radius 1 is 1.17 bits per heavy atom. The monoisotopic (exact) mass is 458 g/mol. The van der Waals surface area contributed by atoms with Gasteiger partial charge in [0.1, 0.15) is 0 Å². The Bertz CT molecular complexity index is 1090. The summed E-state index contributed by atoms with van der Waals surface area (Å²) in [5.74, 6) is -1.56. The fourth-order valence-corrected chi connectivity index (χ4v) is 4.37. The smallest absolute Gasteiger partial charge is 0.325 e. The number of nitrogens with zero attached hydrogens (tertiary/aromatic N) is 1. The van der Waals surface area contributed by atoms with Crippen LogP contribution in [0.3, 0.4) is 0 Å². The predicted molar refractivity (Wildman–Crippen MR) is 108 cm³/mol. The molecule has 0 radical (unpaired) electrons. The van der Waals surface area contributed by atoms with E-state index in [0.717, 1.165) is 12.1 Å². The lowest BCUT2D eigenvalue weighted by atomic mass is 9.83. The van der Waals surface area contributed by atoms with Crippen molar-refractivity contribution in [1.29, 1.82) is 5.26 Å². The molecular weight excluding hydrogens is 441 g/mol. The normalized spacial score (nSPS) is 13.9. The van der Waals surface area contributed by atoms with Crippen LogP contribution in [0.4, 0.5) is 18.9 Å². The molecule has 0 aliphatic carbocycles. The number of amides is 1. The van der Waals surface area contributed by atoms with Gasteiger partial charge in [-0.2, -0.15) is 18.4 Å². The van der Waals surface area contributed by atoms with E-state index >= 15 is 0 Å². The first-order valence-corrected chi connectivity index (χ1v) is 10.9. The van der Waals surface area contributed by atoms with E-state index in [9.17, 15) is 26.4 Å². The highest BCUT2D eigenvalue weighted by molar-refractivity contribution is 7.91. The summed E-state index contributed by atoms with van der Waals surface area (Å²) < 4.78 is 64.2. The number of hydrogen-bond donors (Lipinski definition) is 1. The second kappa shape index (κ2) is 8.66. The third kappa shape index (κ3) is 5.32. The van der Waals surface area contributed by atoms with Gasteiger partial charge in [-0.15, -0.1) is 0 Å². The summed E-state index contributed by atoms with van der Waals surface area (Å²) in [6.45, 7) is 2.83. The molecule has 0 aliphatic heterocycles. The number of carbonyl (C=O) groups is 1. The van der Waals surface area contributed by atoms with Gasteiger partial charge in [-0.25, -0.2) is 8.42 Å². The minimum Gasteiger partial charge on any atom is -0.325 e. The zero-order valence-corrected chi connectivity index (χ0v) is 17.6. The summed E-state index contributed by atoms with van der Waals surface area (Å²) in [6.07, 6.45) is -4.79. The number of anilines is 1. The van der Waals surface area contributed by atoms with Crippen LogP contribution in [0.15, 0.2) is 42.5 Å². The summed E-state index contributed by atoms with van der Waals surface area (Å²) in [5, 5.41) is 11.6. The number of nitrogens with one attached hydrogen (secondary N) is 1. The summed E-state index contributed by atoms with van der Waals surface area (Å²) in [5.41, 5.74) is -3.25. The van der Waals surface area contributed by atoms with E-state index in [4.69, 9.17) is 16.9 Å².